The van der Waals surface area contributed by atoms with Crippen LogP contribution in [-0.2, 0) is 0 Å². The van der Waals surface area contributed by atoms with Gasteiger partial charge in [0, 0.05) is 17.7 Å². The van der Waals surface area contributed by atoms with Gasteiger partial charge in [0.25, 0.3) is 5.03 Å². The highest BCUT2D eigenvalue weighted by Crippen LogP contribution is 2.32. The van der Waals surface area contributed by atoms with Crippen LogP contribution in [0.3, 0.4) is 0 Å². The highest BCUT2D eigenvalue weighted by molar-refractivity contribution is 7.99. The summed E-state index contributed by atoms with van der Waals surface area (Å²) in [7, 11) is 0. The van der Waals surface area contributed by atoms with Crippen molar-refractivity contribution in [1.29, 1.82) is 0 Å². The number of thioether (sulfide) groups is 1. The molecule has 7 heteroatoms. The first-order chi connectivity index (χ1) is 8.58. The van der Waals surface area contributed by atoms with E-state index in [0.717, 1.165) is 16.1 Å². The van der Waals surface area contributed by atoms with Crippen LogP contribution in [0.25, 0.3) is 0 Å². The lowest BCUT2D eigenvalue weighted by molar-refractivity contribution is -0.645. The Labute approximate surface area is 122 Å². The number of ketones is 1. The number of carbonyl (C=O) groups is 1. The third-order valence-electron chi connectivity index (χ3n) is 2.10. The fourth-order valence-electron chi connectivity index (χ4n) is 1.27. The molecule has 0 atom stereocenters. The SMILES string of the molecule is O=C(CSc1cccc[n+]1[O-])c1cc(Cl)sc1Cl. The molecule has 0 saturated carbocycles. The highest BCUT2D eigenvalue weighted by atomic mass is 35.5. The molecule has 0 unspecified atom stereocenters. The smallest absolute Gasteiger partial charge is 0.251 e. The zero-order valence-electron chi connectivity index (χ0n) is 8.93. The maximum absolute atomic E-state index is 11.9. The molecule has 0 amide bonds. The van der Waals surface area contributed by atoms with Crippen LogP contribution in [-0.4, -0.2) is 11.5 Å². The number of pyridine rings is 1. The van der Waals surface area contributed by atoms with Crippen molar-refractivity contribution in [3.05, 3.63) is 49.9 Å². The quantitative estimate of drug-likeness (QED) is 0.374. The van der Waals surface area contributed by atoms with Crippen LogP contribution in [0.2, 0.25) is 8.67 Å². The second-order valence-corrected chi connectivity index (χ2v) is 6.60. The molecule has 2 aromatic rings. The van der Waals surface area contributed by atoms with Gasteiger partial charge < -0.3 is 5.21 Å². The highest BCUT2D eigenvalue weighted by Gasteiger charge is 2.16. The van der Waals surface area contributed by atoms with Crippen molar-refractivity contribution in [2.24, 2.45) is 0 Å². The Morgan fingerprint density at radius 3 is 2.83 bits per heavy atom. The topological polar surface area (TPSA) is 44.0 Å². The average Bonchev–Trinajstić information content (AvgIpc) is 2.67. The summed E-state index contributed by atoms with van der Waals surface area (Å²) in [5.41, 5.74) is 0.410. The van der Waals surface area contributed by atoms with Crippen LogP contribution >= 0.6 is 46.3 Å². The van der Waals surface area contributed by atoms with Crippen molar-refractivity contribution in [3.63, 3.8) is 0 Å². The molecule has 0 aromatic carbocycles. The van der Waals surface area contributed by atoms with Gasteiger partial charge in [-0.15, -0.1) is 11.3 Å². The Bertz CT molecular complexity index is 586. The Morgan fingerprint density at radius 2 is 2.22 bits per heavy atom. The number of Topliss-reactive ketones (excluding diaryl/α,β-unsaturated/α-hetero) is 1. The molecule has 0 aliphatic rings. The van der Waals surface area contributed by atoms with E-state index >= 15 is 0 Å². The maximum Gasteiger partial charge on any atom is 0.251 e. The third kappa shape index (κ3) is 3.17. The first-order valence-electron chi connectivity index (χ1n) is 4.87. The Balaban J connectivity index is 2.05. The summed E-state index contributed by atoms with van der Waals surface area (Å²) < 4.78 is 1.58. The van der Waals surface area contributed by atoms with Crippen LogP contribution in [0.15, 0.2) is 35.5 Å². The predicted molar refractivity (Wildman–Crippen MR) is 74.8 cm³/mol. The van der Waals surface area contributed by atoms with Crippen LogP contribution in [0.1, 0.15) is 10.4 Å². The summed E-state index contributed by atoms with van der Waals surface area (Å²) in [5, 5.41) is 11.9. The molecule has 0 aliphatic carbocycles. The van der Waals surface area contributed by atoms with E-state index in [1.165, 1.54) is 18.0 Å². The number of rotatable bonds is 4. The fraction of sp³-hybridized carbons (Fsp3) is 0.0909. The van der Waals surface area contributed by atoms with E-state index in [1.807, 2.05) is 0 Å². The summed E-state index contributed by atoms with van der Waals surface area (Å²) in [4.78, 5) is 11.9. The van der Waals surface area contributed by atoms with E-state index in [2.05, 4.69) is 0 Å². The molecule has 0 bridgehead atoms. The zero-order chi connectivity index (χ0) is 13.1. The Kier molecular flexibility index (Phi) is 4.50. The average molecular weight is 320 g/mol. The van der Waals surface area contributed by atoms with Gasteiger partial charge >= 0.3 is 0 Å². The number of nitrogens with zero attached hydrogens (tertiary/aromatic N) is 1. The van der Waals surface area contributed by atoms with Gasteiger partial charge in [0.1, 0.15) is 4.34 Å². The number of hydrogen-bond donors (Lipinski definition) is 0. The van der Waals surface area contributed by atoms with Crippen LogP contribution < -0.4 is 4.73 Å². The van der Waals surface area contributed by atoms with Crippen molar-refractivity contribution < 1.29 is 9.52 Å². The van der Waals surface area contributed by atoms with Crippen molar-refractivity contribution in [3.8, 4) is 0 Å². The molecule has 2 aromatic heterocycles. The molecule has 2 rings (SSSR count). The van der Waals surface area contributed by atoms with Gasteiger partial charge in [0.15, 0.2) is 12.0 Å². The number of carbonyl (C=O) groups excluding carboxylic acids is 1. The number of thiophene rings is 1. The van der Waals surface area contributed by atoms with E-state index in [9.17, 15) is 10.0 Å². The van der Waals surface area contributed by atoms with E-state index in [1.54, 1.807) is 24.3 Å². The van der Waals surface area contributed by atoms with Crippen molar-refractivity contribution in [2.75, 3.05) is 5.75 Å². The number of aromatic nitrogens is 1. The van der Waals surface area contributed by atoms with Gasteiger partial charge in [-0.25, -0.2) is 0 Å². The molecular formula is C11H7Cl2NO2S2. The van der Waals surface area contributed by atoms with E-state index in [0.29, 0.717) is 19.3 Å². The normalized spacial score (nSPS) is 10.6. The Hall–Kier alpha value is -0.750. The summed E-state index contributed by atoms with van der Waals surface area (Å²) in [6.45, 7) is 0. The van der Waals surface area contributed by atoms with Crippen molar-refractivity contribution in [1.82, 2.24) is 0 Å². The maximum atomic E-state index is 11.9. The van der Waals surface area contributed by atoms with Crippen LogP contribution in [0, 0.1) is 5.21 Å². The molecule has 0 saturated heterocycles. The van der Waals surface area contributed by atoms with Gasteiger partial charge in [-0.3, -0.25) is 4.79 Å². The standard InChI is InChI=1S/C11H7Cl2NO2S2/c12-9-5-7(11(13)18-9)8(15)6-17-10-3-1-2-4-14(10)16/h1-5H,6H2. The van der Waals surface area contributed by atoms with Gasteiger partial charge in [0.2, 0.25) is 0 Å². The minimum absolute atomic E-state index is 0.142. The molecule has 0 spiro atoms. The minimum Gasteiger partial charge on any atom is -0.618 e. The molecule has 18 heavy (non-hydrogen) atoms. The second kappa shape index (κ2) is 5.93. The lowest BCUT2D eigenvalue weighted by Gasteiger charge is -2.02. The summed E-state index contributed by atoms with van der Waals surface area (Å²) in [5.74, 6) is 0.0102. The molecule has 0 aliphatic heterocycles. The first kappa shape index (κ1) is 13.7. The molecule has 3 nitrogen and oxygen atoms in total. The van der Waals surface area contributed by atoms with Gasteiger partial charge in [0.05, 0.1) is 10.1 Å². The minimum atomic E-state index is -0.142. The number of hydrogen-bond acceptors (Lipinski definition) is 4. The molecular weight excluding hydrogens is 313 g/mol. The lowest BCUT2D eigenvalue weighted by Crippen LogP contribution is -2.28. The van der Waals surface area contributed by atoms with E-state index < -0.39 is 0 Å². The monoisotopic (exact) mass is 319 g/mol. The van der Waals surface area contributed by atoms with Crippen LogP contribution in [0.5, 0.6) is 0 Å². The molecule has 2 heterocycles. The fourth-order valence-corrected chi connectivity index (χ4v) is 3.57. The second-order valence-electron chi connectivity index (χ2n) is 3.31. The molecule has 0 fully saturated rings. The predicted octanol–water partition coefficient (Wildman–Crippen LogP) is 3.66. The number of halogens is 2. The molecule has 94 valence electrons. The summed E-state index contributed by atoms with van der Waals surface area (Å²) in [6, 6.07) is 6.59. The van der Waals surface area contributed by atoms with Crippen LogP contribution in [0.4, 0.5) is 0 Å². The Morgan fingerprint density at radius 1 is 1.44 bits per heavy atom. The van der Waals surface area contributed by atoms with E-state index in [-0.39, 0.29) is 11.5 Å². The summed E-state index contributed by atoms with van der Waals surface area (Å²) in [6.07, 6.45) is 1.39. The molecule has 0 radical (unpaired) electrons. The van der Waals surface area contributed by atoms with Gasteiger partial charge in [-0.2, -0.15) is 4.73 Å². The zero-order valence-corrected chi connectivity index (χ0v) is 12.1. The summed E-state index contributed by atoms with van der Waals surface area (Å²) >= 11 is 14.0. The van der Waals surface area contributed by atoms with Crippen molar-refractivity contribution >= 4 is 52.1 Å². The largest absolute Gasteiger partial charge is 0.618 e. The van der Waals surface area contributed by atoms with Gasteiger partial charge in [-0.1, -0.05) is 23.2 Å². The van der Waals surface area contributed by atoms with Crippen molar-refractivity contribution in [2.45, 2.75) is 5.03 Å². The van der Waals surface area contributed by atoms with E-state index in [4.69, 9.17) is 23.2 Å². The van der Waals surface area contributed by atoms with Gasteiger partial charge in [-0.05, 0) is 23.9 Å². The first-order valence-corrected chi connectivity index (χ1v) is 7.43. The lowest BCUT2D eigenvalue weighted by atomic mass is 10.2. The molecule has 0 N–H and O–H groups in total. The third-order valence-corrected chi connectivity index (χ3v) is 4.60.